The largest absolute Gasteiger partial charge is 0.497 e. The third-order valence-corrected chi connectivity index (χ3v) is 4.49. The Morgan fingerprint density at radius 1 is 1.12 bits per heavy atom. The summed E-state index contributed by atoms with van der Waals surface area (Å²) in [5, 5.41) is 0. The average Bonchev–Trinajstić information content (AvgIpc) is 2.62. The van der Waals surface area contributed by atoms with E-state index in [1.54, 1.807) is 12.0 Å². The minimum absolute atomic E-state index is 0.0660. The van der Waals surface area contributed by atoms with E-state index in [4.69, 9.17) is 4.74 Å². The highest BCUT2D eigenvalue weighted by Gasteiger charge is 2.21. The molecule has 0 bridgehead atoms. The quantitative estimate of drug-likeness (QED) is 0.793. The number of ether oxygens (including phenoxy) is 1. The molecule has 0 aliphatic carbocycles. The summed E-state index contributed by atoms with van der Waals surface area (Å²) < 4.78 is 5.14. The standard InChI is InChI=1S/C18H27N3O3/c1-4-19-11-13-20(14-12-19)18(23)9-10-21(15(2)22)16-5-7-17(24-3)8-6-16/h5-8H,4,9-14H2,1-3H3. The first-order chi connectivity index (χ1) is 11.5. The van der Waals surface area contributed by atoms with Gasteiger partial charge >= 0.3 is 0 Å². The van der Waals surface area contributed by atoms with E-state index >= 15 is 0 Å². The molecule has 1 aliphatic rings. The first-order valence-corrected chi connectivity index (χ1v) is 8.47. The zero-order valence-electron chi connectivity index (χ0n) is 14.8. The van der Waals surface area contributed by atoms with Gasteiger partial charge in [-0.1, -0.05) is 6.92 Å². The molecule has 1 heterocycles. The van der Waals surface area contributed by atoms with E-state index < -0.39 is 0 Å². The van der Waals surface area contributed by atoms with E-state index in [1.807, 2.05) is 29.2 Å². The molecule has 1 aromatic rings. The van der Waals surface area contributed by atoms with Gasteiger partial charge in [0.15, 0.2) is 0 Å². The number of carbonyl (C=O) groups excluding carboxylic acids is 2. The predicted octanol–water partition coefficient (Wildman–Crippen LogP) is 1.60. The van der Waals surface area contributed by atoms with Crippen molar-refractivity contribution in [2.75, 3.05) is 51.3 Å². The summed E-state index contributed by atoms with van der Waals surface area (Å²) in [4.78, 5) is 30.2. The molecule has 1 aliphatic heterocycles. The van der Waals surface area contributed by atoms with Crippen molar-refractivity contribution < 1.29 is 14.3 Å². The molecule has 6 nitrogen and oxygen atoms in total. The zero-order chi connectivity index (χ0) is 17.5. The maximum atomic E-state index is 12.4. The number of hydrogen-bond donors (Lipinski definition) is 0. The van der Waals surface area contributed by atoms with E-state index in [-0.39, 0.29) is 11.8 Å². The Hall–Kier alpha value is -2.08. The van der Waals surface area contributed by atoms with Crippen LogP contribution in [0.1, 0.15) is 20.3 Å². The van der Waals surface area contributed by atoms with Crippen molar-refractivity contribution in [1.29, 1.82) is 0 Å². The molecule has 1 fully saturated rings. The van der Waals surface area contributed by atoms with Gasteiger partial charge in [-0.15, -0.1) is 0 Å². The monoisotopic (exact) mass is 333 g/mol. The molecule has 0 radical (unpaired) electrons. The van der Waals surface area contributed by atoms with Gasteiger partial charge in [-0.25, -0.2) is 0 Å². The van der Waals surface area contributed by atoms with Gasteiger partial charge < -0.3 is 19.4 Å². The third kappa shape index (κ3) is 4.71. The molecule has 2 rings (SSSR count). The number of likely N-dealkylation sites (N-methyl/N-ethyl adjacent to an activating group) is 1. The molecule has 0 saturated carbocycles. The van der Waals surface area contributed by atoms with E-state index in [9.17, 15) is 9.59 Å². The Bertz CT molecular complexity index is 551. The van der Waals surface area contributed by atoms with Crippen LogP contribution in [0, 0.1) is 0 Å². The van der Waals surface area contributed by atoms with E-state index in [2.05, 4.69) is 11.8 Å². The van der Waals surface area contributed by atoms with E-state index in [0.29, 0.717) is 13.0 Å². The predicted molar refractivity (Wildman–Crippen MR) is 94.3 cm³/mol. The van der Waals surface area contributed by atoms with Crippen molar-refractivity contribution in [2.24, 2.45) is 0 Å². The molecule has 0 spiro atoms. The van der Waals surface area contributed by atoms with Gasteiger partial charge in [0.1, 0.15) is 5.75 Å². The topological polar surface area (TPSA) is 53.1 Å². The lowest BCUT2D eigenvalue weighted by Gasteiger charge is -2.34. The normalized spacial score (nSPS) is 15.2. The van der Waals surface area contributed by atoms with Crippen LogP contribution in [0.3, 0.4) is 0 Å². The minimum atomic E-state index is -0.0660. The molecule has 0 N–H and O–H groups in total. The highest BCUT2D eigenvalue weighted by Crippen LogP contribution is 2.20. The van der Waals surface area contributed by atoms with Crippen LogP contribution in [-0.2, 0) is 9.59 Å². The van der Waals surface area contributed by atoms with Gasteiger partial charge in [0.25, 0.3) is 0 Å². The van der Waals surface area contributed by atoms with Crippen molar-refractivity contribution in [1.82, 2.24) is 9.80 Å². The lowest BCUT2D eigenvalue weighted by atomic mass is 10.2. The molecule has 24 heavy (non-hydrogen) atoms. The molecule has 2 amide bonds. The molecular formula is C18H27N3O3. The summed E-state index contributed by atoms with van der Waals surface area (Å²) >= 11 is 0. The Morgan fingerprint density at radius 3 is 2.25 bits per heavy atom. The number of nitrogens with zero attached hydrogens (tertiary/aromatic N) is 3. The number of hydrogen-bond acceptors (Lipinski definition) is 4. The second-order valence-corrected chi connectivity index (χ2v) is 5.93. The Balaban J connectivity index is 1.91. The average molecular weight is 333 g/mol. The van der Waals surface area contributed by atoms with Crippen LogP contribution in [0.15, 0.2) is 24.3 Å². The second-order valence-electron chi connectivity index (χ2n) is 5.93. The van der Waals surface area contributed by atoms with Crippen molar-refractivity contribution in [3.63, 3.8) is 0 Å². The number of amides is 2. The molecule has 1 saturated heterocycles. The van der Waals surface area contributed by atoms with Crippen LogP contribution in [0.5, 0.6) is 5.75 Å². The highest BCUT2D eigenvalue weighted by molar-refractivity contribution is 5.92. The summed E-state index contributed by atoms with van der Waals surface area (Å²) in [5.74, 6) is 0.793. The Labute approximate surface area is 144 Å². The van der Waals surface area contributed by atoms with Gasteiger partial charge in [0.05, 0.1) is 7.11 Å². The Morgan fingerprint density at radius 2 is 1.75 bits per heavy atom. The molecule has 132 valence electrons. The van der Waals surface area contributed by atoms with Gasteiger partial charge in [-0.05, 0) is 30.8 Å². The number of anilines is 1. The van der Waals surface area contributed by atoms with Crippen molar-refractivity contribution in [2.45, 2.75) is 20.3 Å². The summed E-state index contributed by atoms with van der Waals surface area (Å²) in [5.41, 5.74) is 0.784. The van der Waals surface area contributed by atoms with E-state index in [1.165, 1.54) is 6.92 Å². The van der Waals surface area contributed by atoms with E-state index in [0.717, 1.165) is 44.2 Å². The van der Waals surface area contributed by atoms with Crippen LogP contribution in [0.2, 0.25) is 0 Å². The highest BCUT2D eigenvalue weighted by atomic mass is 16.5. The minimum Gasteiger partial charge on any atom is -0.497 e. The van der Waals surface area contributed by atoms with Gasteiger partial charge in [0, 0.05) is 51.8 Å². The molecule has 6 heteroatoms. The molecule has 0 unspecified atom stereocenters. The molecule has 1 aromatic carbocycles. The number of methoxy groups -OCH3 is 1. The fraction of sp³-hybridized carbons (Fsp3) is 0.556. The number of piperazine rings is 1. The SMILES string of the molecule is CCN1CCN(C(=O)CCN(C(C)=O)c2ccc(OC)cc2)CC1. The summed E-state index contributed by atoms with van der Waals surface area (Å²) in [6, 6.07) is 7.31. The fourth-order valence-corrected chi connectivity index (χ4v) is 2.91. The van der Waals surface area contributed by atoms with Gasteiger partial charge in [-0.2, -0.15) is 0 Å². The fourth-order valence-electron chi connectivity index (χ4n) is 2.91. The third-order valence-electron chi connectivity index (χ3n) is 4.49. The lowest BCUT2D eigenvalue weighted by Crippen LogP contribution is -2.49. The van der Waals surface area contributed by atoms with Crippen molar-refractivity contribution >= 4 is 17.5 Å². The Kier molecular flexibility index (Phi) is 6.61. The van der Waals surface area contributed by atoms with Gasteiger partial charge in [0.2, 0.25) is 11.8 Å². The molecule has 0 atom stereocenters. The maximum Gasteiger partial charge on any atom is 0.224 e. The summed E-state index contributed by atoms with van der Waals surface area (Å²) in [6.07, 6.45) is 0.345. The van der Waals surface area contributed by atoms with Crippen molar-refractivity contribution in [3.8, 4) is 5.75 Å². The van der Waals surface area contributed by atoms with Crippen LogP contribution in [-0.4, -0.2) is 68.0 Å². The van der Waals surface area contributed by atoms with Gasteiger partial charge in [-0.3, -0.25) is 9.59 Å². The molecule has 0 aromatic heterocycles. The number of carbonyl (C=O) groups is 2. The summed E-state index contributed by atoms with van der Waals surface area (Å²) in [7, 11) is 1.61. The smallest absolute Gasteiger partial charge is 0.224 e. The van der Waals surface area contributed by atoms with Crippen LogP contribution < -0.4 is 9.64 Å². The van der Waals surface area contributed by atoms with Crippen molar-refractivity contribution in [3.05, 3.63) is 24.3 Å². The zero-order valence-corrected chi connectivity index (χ0v) is 14.8. The number of rotatable bonds is 6. The lowest BCUT2D eigenvalue weighted by molar-refractivity contribution is -0.132. The number of benzene rings is 1. The summed E-state index contributed by atoms with van der Waals surface area (Å²) in [6.45, 7) is 8.48. The second kappa shape index (κ2) is 8.68. The van der Waals surface area contributed by atoms with Crippen LogP contribution in [0.4, 0.5) is 5.69 Å². The first kappa shape index (κ1) is 18.3. The van der Waals surface area contributed by atoms with Crippen LogP contribution >= 0.6 is 0 Å². The first-order valence-electron chi connectivity index (χ1n) is 8.47. The van der Waals surface area contributed by atoms with Crippen LogP contribution in [0.25, 0.3) is 0 Å². The molecular weight excluding hydrogens is 306 g/mol. The maximum absolute atomic E-state index is 12.4.